The van der Waals surface area contributed by atoms with Crippen LogP contribution in [-0.2, 0) is 0 Å². The van der Waals surface area contributed by atoms with E-state index in [1.807, 2.05) is 0 Å². The van der Waals surface area contributed by atoms with Gasteiger partial charge < -0.3 is 14.7 Å². The molecule has 0 radical (unpaired) electrons. The standard InChI is InChI=1S/C34H33N3S/c1-35-31-23-15-16-24-32(31)38(2,3)34(35)26-12-6-11-25-33-36(27-17-7-4-8-18-27)29-21-13-14-22-30(29)37(33)28-19-9-5-10-20-28/h4-26,33H,1-3H3. The van der Waals surface area contributed by atoms with Gasteiger partial charge in [0.05, 0.1) is 22.1 Å². The predicted molar refractivity (Wildman–Crippen MR) is 166 cm³/mol. The Bertz CT molecular complexity index is 1460. The molecule has 4 heteroatoms. The second-order valence-corrected chi connectivity index (χ2v) is 13.5. The summed E-state index contributed by atoms with van der Waals surface area (Å²) in [6, 6.07) is 38.8. The Morgan fingerprint density at radius 1 is 0.579 bits per heavy atom. The number of allylic oxidation sites excluding steroid dienone is 4. The van der Waals surface area contributed by atoms with Gasteiger partial charge in [-0.05, 0) is 73.2 Å². The van der Waals surface area contributed by atoms with Gasteiger partial charge in [0, 0.05) is 23.3 Å². The van der Waals surface area contributed by atoms with Crippen molar-refractivity contribution in [3.8, 4) is 0 Å². The van der Waals surface area contributed by atoms with E-state index in [0.29, 0.717) is 0 Å². The van der Waals surface area contributed by atoms with Gasteiger partial charge in [0.25, 0.3) is 0 Å². The first-order valence-corrected chi connectivity index (χ1v) is 15.4. The molecule has 0 unspecified atom stereocenters. The lowest BCUT2D eigenvalue weighted by atomic mass is 10.2. The van der Waals surface area contributed by atoms with Crippen LogP contribution < -0.4 is 14.7 Å². The zero-order valence-corrected chi connectivity index (χ0v) is 22.9. The van der Waals surface area contributed by atoms with E-state index in [1.165, 1.54) is 38.4 Å². The number of benzene rings is 4. The van der Waals surface area contributed by atoms with Crippen molar-refractivity contribution < 1.29 is 0 Å². The molecule has 38 heavy (non-hydrogen) atoms. The van der Waals surface area contributed by atoms with Gasteiger partial charge in [0.2, 0.25) is 0 Å². The fourth-order valence-electron chi connectivity index (χ4n) is 5.59. The predicted octanol–water partition coefficient (Wildman–Crippen LogP) is 8.83. The molecule has 3 nitrogen and oxygen atoms in total. The topological polar surface area (TPSA) is 9.72 Å². The highest BCUT2D eigenvalue weighted by Crippen LogP contribution is 2.65. The van der Waals surface area contributed by atoms with Crippen molar-refractivity contribution >= 4 is 38.5 Å². The van der Waals surface area contributed by atoms with Crippen molar-refractivity contribution in [3.63, 3.8) is 0 Å². The van der Waals surface area contributed by atoms with Crippen LogP contribution in [0.5, 0.6) is 0 Å². The van der Waals surface area contributed by atoms with E-state index in [1.54, 1.807) is 0 Å². The molecule has 2 aliphatic rings. The molecule has 0 spiro atoms. The average molecular weight is 516 g/mol. The molecule has 0 atom stereocenters. The van der Waals surface area contributed by atoms with Gasteiger partial charge in [0.15, 0.2) is 0 Å². The third-order valence-electron chi connectivity index (χ3n) is 7.37. The third-order valence-corrected chi connectivity index (χ3v) is 10.3. The first kappa shape index (κ1) is 24.2. The Labute approximate surface area is 228 Å². The third kappa shape index (κ3) is 4.11. The summed E-state index contributed by atoms with van der Waals surface area (Å²) >= 11 is 0. The normalized spacial score (nSPS) is 18.5. The molecule has 190 valence electrons. The lowest BCUT2D eigenvalue weighted by molar-refractivity contribution is 0.833. The molecule has 2 heterocycles. The first-order chi connectivity index (χ1) is 18.6. The molecule has 0 aliphatic carbocycles. The Kier molecular flexibility index (Phi) is 6.34. The lowest BCUT2D eigenvalue weighted by Gasteiger charge is -2.31. The van der Waals surface area contributed by atoms with Crippen LogP contribution in [0.15, 0.2) is 149 Å². The zero-order chi connectivity index (χ0) is 26.1. The molecule has 6 rings (SSSR count). The van der Waals surface area contributed by atoms with Crippen LogP contribution in [0.2, 0.25) is 0 Å². The van der Waals surface area contributed by atoms with Gasteiger partial charge >= 0.3 is 0 Å². The number of para-hydroxylation sites is 5. The molecule has 0 saturated carbocycles. The Hall–Kier alpha value is -4.15. The van der Waals surface area contributed by atoms with E-state index < -0.39 is 10.0 Å². The number of hydrogen-bond donors (Lipinski definition) is 0. The van der Waals surface area contributed by atoms with Crippen molar-refractivity contribution in [3.05, 3.63) is 145 Å². The molecule has 4 aromatic carbocycles. The molecule has 4 aromatic rings. The second-order valence-electron chi connectivity index (χ2n) is 9.94. The van der Waals surface area contributed by atoms with Gasteiger partial charge in [-0.1, -0.05) is 78.9 Å². The van der Waals surface area contributed by atoms with Gasteiger partial charge in [0.1, 0.15) is 6.17 Å². The minimum atomic E-state index is -1.03. The highest BCUT2D eigenvalue weighted by atomic mass is 32.3. The second kappa shape index (κ2) is 9.96. The minimum Gasteiger partial charge on any atom is -0.339 e. The molecule has 0 bridgehead atoms. The van der Waals surface area contributed by atoms with Crippen LogP contribution in [0.4, 0.5) is 28.4 Å². The number of rotatable bonds is 5. The summed E-state index contributed by atoms with van der Waals surface area (Å²) in [5.74, 6) is 0. The average Bonchev–Trinajstić information content (AvgIpc) is 3.38. The number of hydrogen-bond acceptors (Lipinski definition) is 3. The van der Waals surface area contributed by atoms with Crippen LogP contribution in [-0.4, -0.2) is 25.7 Å². The number of fused-ring (bicyclic) bond motifs is 2. The van der Waals surface area contributed by atoms with E-state index in [4.69, 9.17) is 0 Å². The van der Waals surface area contributed by atoms with E-state index in [-0.39, 0.29) is 6.17 Å². The number of anilines is 5. The Morgan fingerprint density at radius 2 is 1.08 bits per heavy atom. The van der Waals surface area contributed by atoms with Gasteiger partial charge in [-0.15, -0.1) is 0 Å². The van der Waals surface area contributed by atoms with Gasteiger partial charge in [-0.3, -0.25) is 0 Å². The fraction of sp³-hybridized carbons (Fsp3) is 0.118. The first-order valence-electron chi connectivity index (χ1n) is 13.0. The maximum atomic E-state index is 2.42. The summed E-state index contributed by atoms with van der Waals surface area (Å²) in [4.78, 5) is 8.64. The van der Waals surface area contributed by atoms with E-state index in [0.717, 1.165) is 0 Å². The van der Waals surface area contributed by atoms with Crippen molar-refractivity contribution in [2.24, 2.45) is 0 Å². The summed E-state index contributed by atoms with van der Waals surface area (Å²) in [5.41, 5.74) is 6.09. The lowest BCUT2D eigenvalue weighted by Crippen LogP contribution is -2.36. The van der Waals surface area contributed by atoms with Crippen LogP contribution in [0.3, 0.4) is 0 Å². The monoisotopic (exact) mass is 515 g/mol. The SMILES string of the molecule is CN1C(=CC=CC=CC2N(c3ccccc3)c3ccccc3N2c2ccccc2)S(C)(C)c2ccccc21. The minimum absolute atomic E-state index is 0.00924. The molecule has 0 saturated heterocycles. The highest BCUT2D eigenvalue weighted by molar-refractivity contribution is 8.36. The van der Waals surface area contributed by atoms with Crippen molar-refractivity contribution in [2.45, 2.75) is 11.1 Å². The van der Waals surface area contributed by atoms with Crippen molar-refractivity contribution in [1.29, 1.82) is 0 Å². The zero-order valence-electron chi connectivity index (χ0n) is 22.1. The van der Waals surface area contributed by atoms with E-state index >= 15 is 0 Å². The molecular formula is C34H33N3S. The van der Waals surface area contributed by atoms with Crippen LogP contribution in [0.1, 0.15) is 0 Å². The maximum absolute atomic E-state index is 2.42. The molecule has 0 amide bonds. The molecule has 0 N–H and O–H groups in total. The van der Waals surface area contributed by atoms with Crippen LogP contribution >= 0.6 is 10.0 Å². The van der Waals surface area contributed by atoms with Crippen molar-refractivity contribution in [2.75, 3.05) is 34.3 Å². The summed E-state index contributed by atoms with van der Waals surface area (Å²) in [5, 5.41) is 1.38. The summed E-state index contributed by atoms with van der Waals surface area (Å²) < 4.78 is 0. The maximum Gasteiger partial charge on any atom is 0.130 e. The quantitative estimate of drug-likeness (QED) is 0.246. The van der Waals surface area contributed by atoms with Gasteiger partial charge in [-0.2, -0.15) is 10.0 Å². The summed E-state index contributed by atoms with van der Waals surface area (Å²) in [6.45, 7) is 0. The van der Waals surface area contributed by atoms with Crippen molar-refractivity contribution in [1.82, 2.24) is 0 Å². The Morgan fingerprint density at radius 3 is 1.63 bits per heavy atom. The van der Waals surface area contributed by atoms with Crippen LogP contribution in [0.25, 0.3) is 0 Å². The largest absolute Gasteiger partial charge is 0.339 e. The van der Waals surface area contributed by atoms with Crippen LogP contribution in [0, 0.1) is 0 Å². The molecular weight excluding hydrogens is 482 g/mol. The molecule has 0 aromatic heterocycles. The van der Waals surface area contributed by atoms with Gasteiger partial charge in [-0.25, -0.2) is 0 Å². The summed E-state index contributed by atoms with van der Waals surface area (Å²) in [6.07, 6.45) is 15.9. The smallest absolute Gasteiger partial charge is 0.130 e. The Balaban J connectivity index is 1.34. The fourth-order valence-corrected chi connectivity index (χ4v) is 8.17. The number of nitrogens with zero attached hydrogens (tertiary/aromatic N) is 3. The molecule has 0 fully saturated rings. The van der Waals surface area contributed by atoms with E-state index in [9.17, 15) is 0 Å². The molecule has 2 aliphatic heterocycles. The van der Waals surface area contributed by atoms with E-state index in [2.05, 4.69) is 174 Å². The highest BCUT2D eigenvalue weighted by Gasteiger charge is 2.36. The summed E-state index contributed by atoms with van der Waals surface area (Å²) in [7, 11) is 1.15.